The molecular formula is C18H26N6O7. The summed E-state index contributed by atoms with van der Waals surface area (Å²) in [4.78, 5) is 67.4. The van der Waals surface area contributed by atoms with Crippen molar-refractivity contribution < 1.29 is 34.2 Å². The molecule has 0 radical (unpaired) electrons. The van der Waals surface area contributed by atoms with Crippen molar-refractivity contribution in [3.8, 4) is 0 Å². The van der Waals surface area contributed by atoms with Gasteiger partial charge in [0.1, 0.15) is 18.6 Å². The van der Waals surface area contributed by atoms with Crippen LogP contribution in [0, 0.1) is 0 Å². The van der Waals surface area contributed by atoms with E-state index >= 15 is 0 Å². The normalized spacial score (nSPS) is 17.6. The Morgan fingerprint density at radius 2 is 2.00 bits per heavy atom. The molecule has 2 rings (SSSR count). The van der Waals surface area contributed by atoms with E-state index in [-0.39, 0.29) is 12.8 Å². The molecule has 1 fully saturated rings. The minimum atomic E-state index is -1.28. The third-order valence-corrected chi connectivity index (χ3v) is 4.84. The van der Waals surface area contributed by atoms with Crippen LogP contribution in [0.1, 0.15) is 31.4 Å². The van der Waals surface area contributed by atoms with Crippen LogP contribution in [0.3, 0.4) is 0 Å². The number of likely N-dealkylation sites (tertiary alicyclic amines) is 1. The standard InChI is InChI=1S/C18H26N6O7/c19-11(6-10-7-20-9-22-10)18(31)24-5-1-2-13(24)17(30)23-12(3-4-14(25)26)16(29)21-8-15(27)28/h7,9,11-13H,1-6,8,19H2,(H,20,22)(H,21,29)(H,23,30)(H,25,26)(H,27,28). The number of hydrogen-bond donors (Lipinski definition) is 6. The number of carbonyl (C=O) groups excluding carboxylic acids is 3. The number of amides is 3. The molecule has 3 unspecified atom stereocenters. The molecule has 1 aliphatic heterocycles. The van der Waals surface area contributed by atoms with Crippen molar-refractivity contribution in [3.05, 3.63) is 18.2 Å². The third-order valence-electron chi connectivity index (χ3n) is 4.84. The van der Waals surface area contributed by atoms with Gasteiger partial charge in [0.2, 0.25) is 17.7 Å². The minimum absolute atomic E-state index is 0.211. The zero-order valence-corrected chi connectivity index (χ0v) is 16.7. The van der Waals surface area contributed by atoms with Crippen LogP contribution in [0.2, 0.25) is 0 Å². The highest BCUT2D eigenvalue weighted by molar-refractivity contribution is 5.94. The molecule has 3 atom stereocenters. The van der Waals surface area contributed by atoms with E-state index in [1.54, 1.807) is 6.20 Å². The monoisotopic (exact) mass is 438 g/mol. The van der Waals surface area contributed by atoms with E-state index in [2.05, 4.69) is 20.6 Å². The lowest BCUT2D eigenvalue weighted by Gasteiger charge is -2.28. The summed E-state index contributed by atoms with van der Waals surface area (Å²) >= 11 is 0. The van der Waals surface area contributed by atoms with Gasteiger partial charge < -0.3 is 36.5 Å². The Balaban J connectivity index is 2.02. The van der Waals surface area contributed by atoms with E-state index in [9.17, 15) is 24.0 Å². The Kier molecular flexibility index (Phi) is 8.49. The van der Waals surface area contributed by atoms with Crippen LogP contribution < -0.4 is 16.4 Å². The fraction of sp³-hybridized carbons (Fsp3) is 0.556. The first kappa shape index (κ1) is 23.8. The highest BCUT2D eigenvalue weighted by Crippen LogP contribution is 2.19. The Hall–Kier alpha value is -3.48. The summed E-state index contributed by atoms with van der Waals surface area (Å²) in [6.07, 6.45) is 3.50. The van der Waals surface area contributed by atoms with E-state index in [4.69, 9.17) is 15.9 Å². The van der Waals surface area contributed by atoms with Gasteiger partial charge in [0.05, 0.1) is 12.4 Å². The van der Waals surface area contributed by atoms with Gasteiger partial charge in [-0.3, -0.25) is 24.0 Å². The van der Waals surface area contributed by atoms with Crippen LogP contribution in [0.15, 0.2) is 12.5 Å². The molecule has 13 heteroatoms. The van der Waals surface area contributed by atoms with Gasteiger partial charge in [0.15, 0.2) is 0 Å². The number of nitrogens with two attached hydrogens (primary N) is 1. The SMILES string of the molecule is NC(Cc1cnc[nH]1)C(=O)N1CCCC1C(=O)NC(CCC(=O)O)C(=O)NCC(=O)O. The van der Waals surface area contributed by atoms with Crippen LogP contribution in [0.5, 0.6) is 0 Å². The molecule has 1 aliphatic rings. The first-order valence-corrected chi connectivity index (χ1v) is 9.74. The Bertz CT molecular complexity index is 812. The molecule has 0 aromatic carbocycles. The lowest BCUT2D eigenvalue weighted by molar-refractivity contribution is -0.141. The van der Waals surface area contributed by atoms with Gasteiger partial charge in [0.25, 0.3) is 0 Å². The number of aromatic nitrogens is 2. The summed E-state index contributed by atoms with van der Waals surface area (Å²) in [6.45, 7) is -0.354. The molecule has 0 saturated carbocycles. The Morgan fingerprint density at radius 1 is 1.26 bits per heavy atom. The van der Waals surface area contributed by atoms with Gasteiger partial charge in [-0.25, -0.2) is 4.98 Å². The molecule has 0 spiro atoms. The molecule has 0 aliphatic carbocycles. The second kappa shape index (κ2) is 11.1. The number of hydrogen-bond acceptors (Lipinski definition) is 7. The number of imidazole rings is 1. The molecule has 1 saturated heterocycles. The first-order valence-electron chi connectivity index (χ1n) is 9.74. The Labute approximate surface area is 177 Å². The van der Waals surface area contributed by atoms with Crippen molar-refractivity contribution in [3.63, 3.8) is 0 Å². The molecule has 7 N–H and O–H groups in total. The zero-order chi connectivity index (χ0) is 23.0. The Morgan fingerprint density at radius 3 is 2.61 bits per heavy atom. The predicted octanol–water partition coefficient (Wildman–Crippen LogP) is -2.18. The van der Waals surface area contributed by atoms with E-state index in [0.29, 0.717) is 25.1 Å². The minimum Gasteiger partial charge on any atom is -0.481 e. The van der Waals surface area contributed by atoms with E-state index < -0.39 is 60.8 Å². The maximum Gasteiger partial charge on any atom is 0.322 e. The van der Waals surface area contributed by atoms with Gasteiger partial charge in [-0.1, -0.05) is 0 Å². The van der Waals surface area contributed by atoms with E-state index in [1.807, 2.05) is 0 Å². The van der Waals surface area contributed by atoms with Crippen molar-refractivity contribution in [2.75, 3.05) is 13.1 Å². The number of carbonyl (C=O) groups is 5. The van der Waals surface area contributed by atoms with Gasteiger partial charge in [-0.05, 0) is 19.3 Å². The number of H-pyrrole nitrogens is 1. The van der Waals surface area contributed by atoms with Gasteiger partial charge in [-0.15, -0.1) is 0 Å². The van der Waals surface area contributed by atoms with E-state index in [1.165, 1.54) is 11.2 Å². The fourth-order valence-electron chi connectivity index (χ4n) is 3.33. The largest absolute Gasteiger partial charge is 0.481 e. The van der Waals surface area contributed by atoms with Crippen LogP contribution in [-0.4, -0.2) is 86.0 Å². The average molecular weight is 438 g/mol. The van der Waals surface area contributed by atoms with Crippen molar-refractivity contribution >= 4 is 29.7 Å². The summed E-state index contributed by atoms with van der Waals surface area (Å²) in [6, 6.07) is -3.00. The van der Waals surface area contributed by atoms with Crippen LogP contribution in [0.4, 0.5) is 0 Å². The molecule has 3 amide bonds. The molecule has 1 aromatic rings. The summed E-state index contributed by atoms with van der Waals surface area (Å²) in [5, 5.41) is 22.1. The lowest BCUT2D eigenvalue weighted by atomic mass is 10.1. The first-order chi connectivity index (χ1) is 14.7. The lowest BCUT2D eigenvalue weighted by Crippen LogP contribution is -2.55. The third kappa shape index (κ3) is 7.06. The van der Waals surface area contributed by atoms with Crippen LogP contribution >= 0.6 is 0 Å². The molecule has 31 heavy (non-hydrogen) atoms. The smallest absolute Gasteiger partial charge is 0.322 e. The number of aromatic amines is 1. The van der Waals surface area contributed by atoms with Crippen molar-refractivity contribution in [2.24, 2.45) is 5.73 Å². The number of carboxylic acid groups (broad SMARTS) is 2. The molecule has 2 heterocycles. The predicted molar refractivity (Wildman–Crippen MR) is 104 cm³/mol. The van der Waals surface area contributed by atoms with Gasteiger partial charge >= 0.3 is 11.9 Å². The molecule has 13 nitrogen and oxygen atoms in total. The fourth-order valence-corrected chi connectivity index (χ4v) is 3.33. The highest BCUT2D eigenvalue weighted by Gasteiger charge is 2.37. The second-order valence-corrected chi connectivity index (χ2v) is 7.18. The van der Waals surface area contributed by atoms with E-state index in [0.717, 1.165) is 0 Å². The van der Waals surface area contributed by atoms with Crippen molar-refractivity contribution in [1.82, 2.24) is 25.5 Å². The van der Waals surface area contributed by atoms with Crippen molar-refractivity contribution in [1.29, 1.82) is 0 Å². The average Bonchev–Trinajstić information content (AvgIpc) is 3.40. The summed E-state index contributed by atoms with van der Waals surface area (Å²) in [5.41, 5.74) is 6.66. The number of aliphatic carboxylic acids is 2. The number of rotatable bonds is 11. The van der Waals surface area contributed by atoms with Gasteiger partial charge in [-0.2, -0.15) is 0 Å². The van der Waals surface area contributed by atoms with Crippen LogP contribution in [-0.2, 0) is 30.4 Å². The maximum absolute atomic E-state index is 12.8. The molecule has 1 aromatic heterocycles. The number of nitrogens with zero attached hydrogens (tertiary/aromatic N) is 2. The van der Waals surface area contributed by atoms with Crippen molar-refractivity contribution in [2.45, 2.75) is 50.2 Å². The maximum atomic E-state index is 12.8. The topological polar surface area (TPSA) is 208 Å². The van der Waals surface area contributed by atoms with Crippen LogP contribution in [0.25, 0.3) is 0 Å². The molecule has 170 valence electrons. The second-order valence-electron chi connectivity index (χ2n) is 7.18. The number of nitrogens with one attached hydrogen (secondary N) is 3. The summed E-state index contributed by atoms with van der Waals surface area (Å²) in [5.74, 6) is -4.32. The summed E-state index contributed by atoms with van der Waals surface area (Å²) in [7, 11) is 0. The quantitative estimate of drug-likeness (QED) is 0.222. The summed E-state index contributed by atoms with van der Waals surface area (Å²) < 4.78 is 0. The molecule has 0 bridgehead atoms. The number of carboxylic acids is 2. The molecular weight excluding hydrogens is 412 g/mol. The zero-order valence-electron chi connectivity index (χ0n) is 16.7. The van der Waals surface area contributed by atoms with Gasteiger partial charge in [0, 0.05) is 31.3 Å². The highest BCUT2D eigenvalue weighted by atomic mass is 16.4.